The molecule has 53 heavy (non-hydrogen) atoms. The summed E-state index contributed by atoms with van der Waals surface area (Å²) < 4.78 is 4.91. The van der Waals surface area contributed by atoms with Crippen molar-refractivity contribution in [1.29, 1.82) is 0 Å². The van der Waals surface area contributed by atoms with E-state index in [9.17, 15) is 0 Å². The number of fused-ring (bicyclic) bond motifs is 9. The molecule has 2 nitrogen and oxygen atoms in total. The van der Waals surface area contributed by atoms with Gasteiger partial charge in [-0.15, -0.1) is 0 Å². The van der Waals surface area contributed by atoms with Crippen LogP contribution in [0.25, 0.3) is 88.4 Å². The van der Waals surface area contributed by atoms with Gasteiger partial charge in [0.2, 0.25) is 0 Å². The van der Waals surface area contributed by atoms with Crippen LogP contribution in [0.2, 0.25) is 0 Å². The lowest BCUT2D eigenvalue weighted by atomic mass is 9.82. The van der Waals surface area contributed by atoms with E-state index in [0.29, 0.717) is 0 Å². The molecule has 8 aromatic carbocycles. The van der Waals surface area contributed by atoms with Gasteiger partial charge in [-0.25, -0.2) is 0 Å². The van der Waals surface area contributed by atoms with E-state index in [1.54, 1.807) is 0 Å². The Morgan fingerprint density at radius 1 is 0.321 bits per heavy atom. The number of rotatable bonds is 4. The largest absolute Gasteiger partial charge is 0.309 e. The number of aromatic nitrogens is 2. The third-order valence-electron chi connectivity index (χ3n) is 11.7. The molecule has 0 spiro atoms. The number of hydrogen-bond donors (Lipinski definition) is 0. The first-order chi connectivity index (χ1) is 26.0. The molecule has 2 aromatic heterocycles. The Balaban J connectivity index is 1.13. The first kappa shape index (κ1) is 30.0. The zero-order valence-corrected chi connectivity index (χ0v) is 29.7. The fraction of sp³-hybridized carbons (Fsp3) is 0.0588. The summed E-state index contributed by atoms with van der Waals surface area (Å²) in [5, 5.41) is 5.01. The second-order valence-corrected chi connectivity index (χ2v) is 15.0. The molecule has 0 aliphatic heterocycles. The Morgan fingerprint density at radius 3 is 1.45 bits per heavy atom. The summed E-state index contributed by atoms with van der Waals surface area (Å²) in [5.41, 5.74) is 17.5. The second-order valence-electron chi connectivity index (χ2n) is 15.0. The van der Waals surface area contributed by atoms with Gasteiger partial charge in [-0.1, -0.05) is 135 Å². The Labute approximate surface area is 308 Å². The molecule has 11 rings (SSSR count). The van der Waals surface area contributed by atoms with E-state index in [1.165, 1.54) is 93.8 Å². The van der Waals surface area contributed by atoms with Crippen LogP contribution < -0.4 is 0 Å². The molecule has 0 atom stereocenters. The van der Waals surface area contributed by atoms with Crippen molar-refractivity contribution in [3.05, 3.63) is 193 Å². The van der Waals surface area contributed by atoms with Crippen LogP contribution in [0, 0.1) is 0 Å². The van der Waals surface area contributed by atoms with Gasteiger partial charge in [-0.3, -0.25) is 0 Å². The maximum Gasteiger partial charge on any atom is 0.0542 e. The molecule has 1 aliphatic carbocycles. The van der Waals surface area contributed by atoms with Crippen LogP contribution in [0.5, 0.6) is 0 Å². The van der Waals surface area contributed by atoms with Gasteiger partial charge in [0.05, 0.1) is 22.1 Å². The van der Waals surface area contributed by atoms with Gasteiger partial charge in [-0.05, 0) is 105 Å². The first-order valence-electron chi connectivity index (χ1n) is 18.5. The standard InChI is InChI=1S/C51H36N2/c1-51(2)45-19-11-9-17-39(45)40-25-23-38(32-46(40)51)53-47-20-12-10-18-41(47)44-31-37(24-28-50(44)53)52-48-26-21-35(33-13-5-3-6-14-33)29-42(48)43-30-36(22-27-49(43)52)34-15-7-4-8-16-34/h3-32H,1-2H3. The highest BCUT2D eigenvalue weighted by Gasteiger charge is 2.35. The predicted octanol–water partition coefficient (Wildman–Crippen LogP) is 13.5. The topological polar surface area (TPSA) is 9.86 Å². The summed E-state index contributed by atoms with van der Waals surface area (Å²) in [6.45, 7) is 4.72. The molecular formula is C51H36N2. The Bertz CT molecular complexity index is 2970. The summed E-state index contributed by atoms with van der Waals surface area (Å²) in [5.74, 6) is 0. The van der Waals surface area contributed by atoms with Crippen molar-refractivity contribution in [1.82, 2.24) is 9.13 Å². The van der Waals surface area contributed by atoms with Crippen LogP contribution in [-0.4, -0.2) is 9.13 Å². The normalized spacial score (nSPS) is 13.2. The monoisotopic (exact) mass is 676 g/mol. The molecular weight excluding hydrogens is 641 g/mol. The van der Waals surface area contributed by atoms with E-state index in [1.807, 2.05) is 0 Å². The van der Waals surface area contributed by atoms with Crippen LogP contribution in [0.4, 0.5) is 0 Å². The number of hydrogen-bond acceptors (Lipinski definition) is 0. The van der Waals surface area contributed by atoms with E-state index in [-0.39, 0.29) is 5.41 Å². The average Bonchev–Trinajstić information content (AvgIpc) is 3.80. The fourth-order valence-corrected chi connectivity index (χ4v) is 9.13. The van der Waals surface area contributed by atoms with Crippen molar-refractivity contribution in [3.63, 3.8) is 0 Å². The zero-order valence-electron chi connectivity index (χ0n) is 29.7. The van der Waals surface area contributed by atoms with Gasteiger partial charge >= 0.3 is 0 Å². The third kappa shape index (κ3) is 4.39. The highest BCUT2D eigenvalue weighted by Crippen LogP contribution is 2.49. The van der Waals surface area contributed by atoms with Gasteiger partial charge in [0.25, 0.3) is 0 Å². The van der Waals surface area contributed by atoms with Crippen molar-refractivity contribution < 1.29 is 0 Å². The smallest absolute Gasteiger partial charge is 0.0542 e. The fourth-order valence-electron chi connectivity index (χ4n) is 9.13. The predicted molar refractivity (Wildman–Crippen MR) is 224 cm³/mol. The van der Waals surface area contributed by atoms with Gasteiger partial charge in [0.15, 0.2) is 0 Å². The molecule has 2 heteroatoms. The van der Waals surface area contributed by atoms with E-state index in [0.717, 1.165) is 5.69 Å². The summed E-state index contributed by atoms with van der Waals surface area (Å²) in [6, 6.07) is 67.1. The maximum atomic E-state index is 2.46. The third-order valence-corrected chi connectivity index (χ3v) is 11.7. The molecule has 10 aromatic rings. The second kappa shape index (κ2) is 11.2. The van der Waals surface area contributed by atoms with E-state index in [4.69, 9.17) is 0 Å². The Kier molecular flexibility index (Phi) is 6.33. The van der Waals surface area contributed by atoms with Gasteiger partial charge < -0.3 is 9.13 Å². The van der Waals surface area contributed by atoms with Crippen LogP contribution in [0.15, 0.2) is 182 Å². The zero-order chi connectivity index (χ0) is 35.3. The highest BCUT2D eigenvalue weighted by atomic mass is 15.0. The number of benzene rings is 8. The molecule has 0 saturated heterocycles. The molecule has 0 saturated carbocycles. The van der Waals surface area contributed by atoms with Crippen LogP contribution in [-0.2, 0) is 5.41 Å². The van der Waals surface area contributed by atoms with Gasteiger partial charge in [-0.2, -0.15) is 0 Å². The molecule has 0 amide bonds. The van der Waals surface area contributed by atoms with Crippen molar-refractivity contribution in [2.75, 3.05) is 0 Å². The van der Waals surface area contributed by atoms with Gasteiger partial charge in [0, 0.05) is 38.3 Å². The molecule has 0 bridgehead atoms. The minimum Gasteiger partial charge on any atom is -0.309 e. The Morgan fingerprint density at radius 2 is 0.792 bits per heavy atom. The lowest BCUT2D eigenvalue weighted by Gasteiger charge is -2.22. The van der Waals surface area contributed by atoms with Crippen LogP contribution in [0.3, 0.4) is 0 Å². The lowest BCUT2D eigenvalue weighted by Crippen LogP contribution is -2.15. The van der Waals surface area contributed by atoms with Crippen molar-refractivity contribution in [2.45, 2.75) is 19.3 Å². The summed E-state index contributed by atoms with van der Waals surface area (Å²) in [6.07, 6.45) is 0. The highest BCUT2D eigenvalue weighted by molar-refractivity contribution is 6.13. The number of para-hydroxylation sites is 1. The van der Waals surface area contributed by atoms with Crippen molar-refractivity contribution in [2.24, 2.45) is 0 Å². The Hall–Kier alpha value is -6.64. The van der Waals surface area contributed by atoms with Crippen molar-refractivity contribution >= 4 is 43.6 Å². The molecule has 0 radical (unpaired) electrons. The molecule has 1 aliphatic rings. The maximum absolute atomic E-state index is 2.46. The quantitative estimate of drug-likeness (QED) is 0.176. The molecule has 0 unspecified atom stereocenters. The van der Waals surface area contributed by atoms with E-state index < -0.39 is 0 Å². The minimum atomic E-state index is -0.0643. The lowest BCUT2D eigenvalue weighted by molar-refractivity contribution is 0.660. The van der Waals surface area contributed by atoms with Gasteiger partial charge in [0.1, 0.15) is 0 Å². The summed E-state index contributed by atoms with van der Waals surface area (Å²) >= 11 is 0. The van der Waals surface area contributed by atoms with Crippen LogP contribution in [0.1, 0.15) is 25.0 Å². The molecule has 0 N–H and O–H groups in total. The SMILES string of the molecule is CC1(C)c2ccccc2-c2ccc(-n3c4ccccc4c4cc(-n5c6ccc(-c7ccccc7)cc6c6cc(-c7ccccc7)ccc65)ccc43)cc21. The first-order valence-corrected chi connectivity index (χ1v) is 18.5. The molecule has 0 fully saturated rings. The van der Waals surface area contributed by atoms with E-state index in [2.05, 4.69) is 205 Å². The minimum absolute atomic E-state index is 0.0643. The van der Waals surface area contributed by atoms with Crippen molar-refractivity contribution in [3.8, 4) is 44.8 Å². The van der Waals surface area contributed by atoms with Crippen LogP contribution >= 0.6 is 0 Å². The summed E-state index contributed by atoms with van der Waals surface area (Å²) in [7, 11) is 0. The molecule has 250 valence electrons. The summed E-state index contributed by atoms with van der Waals surface area (Å²) in [4.78, 5) is 0. The van der Waals surface area contributed by atoms with E-state index >= 15 is 0 Å². The number of nitrogens with zero attached hydrogens (tertiary/aromatic N) is 2. The molecule has 2 heterocycles. The average molecular weight is 677 g/mol.